The molecule has 1 N–H and O–H groups in total. The number of halogens is 1. The monoisotopic (exact) mass is 445 g/mol. The molecular formula is C23H28FN3O3S. The molecule has 1 saturated heterocycles. The highest BCUT2D eigenvalue weighted by molar-refractivity contribution is 8.01. The fourth-order valence-electron chi connectivity index (χ4n) is 3.45. The highest BCUT2D eigenvalue weighted by Gasteiger charge is 2.24. The molecule has 2 aromatic rings. The van der Waals surface area contributed by atoms with E-state index in [9.17, 15) is 14.0 Å². The molecule has 2 aromatic carbocycles. The third-order valence-corrected chi connectivity index (χ3v) is 6.32. The maximum Gasteiger partial charge on any atom is 0.235 e. The topological polar surface area (TPSA) is 61.9 Å². The van der Waals surface area contributed by atoms with Crippen LogP contribution in [0, 0.1) is 5.82 Å². The lowest BCUT2D eigenvalue weighted by molar-refractivity contribution is -0.130. The Bertz CT molecular complexity index is 877. The Labute approximate surface area is 186 Å². The summed E-state index contributed by atoms with van der Waals surface area (Å²) in [5.74, 6) is 0.476. The van der Waals surface area contributed by atoms with Crippen LogP contribution in [0.2, 0.25) is 0 Å². The summed E-state index contributed by atoms with van der Waals surface area (Å²) in [6.07, 6.45) is 0.889. The zero-order chi connectivity index (χ0) is 22.2. The summed E-state index contributed by atoms with van der Waals surface area (Å²) in [6.45, 7) is 4.85. The van der Waals surface area contributed by atoms with E-state index in [1.165, 1.54) is 36.0 Å². The molecular weight excluding hydrogens is 417 g/mol. The van der Waals surface area contributed by atoms with E-state index < -0.39 is 0 Å². The first-order valence-electron chi connectivity index (χ1n) is 10.3. The van der Waals surface area contributed by atoms with Gasteiger partial charge >= 0.3 is 0 Å². The molecule has 2 amide bonds. The van der Waals surface area contributed by atoms with Crippen molar-refractivity contribution in [3.8, 4) is 5.75 Å². The van der Waals surface area contributed by atoms with E-state index in [2.05, 4.69) is 10.2 Å². The van der Waals surface area contributed by atoms with Crippen molar-refractivity contribution in [3.05, 3.63) is 54.3 Å². The van der Waals surface area contributed by atoms with Gasteiger partial charge in [0.1, 0.15) is 11.6 Å². The SMILES string of the molecule is COc1ccc(N2CCCN(C(=O)C(C)SCC(=O)Nc3ccc(F)cc3)CC2)cc1. The molecule has 1 heterocycles. The Morgan fingerprint density at radius 3 is 2.45 bits per heavy atom. The van der Waals surface area contributed by atoms with Gasteiger partial charge in [-0.05, 0) is 61.9 Å². The summed E-state index contributed by atoms with van der Waals surface area (Å²) >= 11 is 1.31. The Morgan fingerprint density at radius 1 is 1.06 bits per heavy atom. The van der Waals surface area contributed by atoms with E-state index in [0.717, 1.165) is 30.9 Å². The maximum atomic E-state index is 13.0. The number of hydrogen-bond donors (Lipinski definition) is 1. The van der Waals surface area contributed by atoms with Crippen molar-refractivity contribution in [3.63, 3.8) is 0 Å². The van der Waals surface area contributed by atoms with E-state index in [0.29, 0.717) is 18.8 Å². The van der Waals surface area contributed by atoms with E-state index in [-0.39, 0.29) is 28.6 Å². The van der Waals surface area contributed by atoms with Gasteiger partial charge in [-0.25, -0.2) is 4.39 Å². The molecule has 3 rings (SSSR count). The second-order valence-electron chi connectivity index (χ2n) is 7.37. The number of nitrogens with one attached hydrogen (secondary N) is 1. The number of benzene rings is 2. The van der Waals surface area contributed by atoms with Crippen LogP contribution >= 0.6 is 11.8 Å². The molecule has 31 heavy (non-hydrogen) atoms. The second kappa shape index (κ2) is 11.0. The van der Waals surface area contributed by atoms with Crippen molar-refractivity contribution in [2.45, 2.75) is 18.6 Å². The number of anilines is 2. The van der Waals surface area contributed by atoms with Crippen LogP contribution < -0.4 is 15.0 Å². The highest BCUT2D eigenvalue weighted by atomic mass is 32.2. The standard InChI is InChI=1S/C23H28FN3O3S/c1-17(31-16-22(28)25-19-6-4-18(24)5-7-19)23(29)27-13-3-12-26(14-15-27)20-8-10-21(30-2)11-9-20/h4-11,17H,3,12-16H2,1-2H3,(H,25,28). The van der Waals surface area contributed by atoms with Crippen LogP contribution in [0.4, 0.5) is 15.8 Å². The summed E-state index contributed by atoms with van der Waals surface area (Å²) in [5, 5.41) is 2.40. The zero-order valence-electron chi connectivity index (χ0n) is 17.8. The lowest BCUT2D eigenvalue weighted by Crippen LogP contribution is -2.39. The molecule has 1 fully saturated rings. The van der Waals surface area contributed by atoms with Gasteiger partial charge < -0.3 is 19.9 Å². The van der Waals surface area contributed by atoms with Gasteiger partial charge in [-0.1, -0.05) is 0 Å². The maximum absolute atomic E-state index is 13.0. The van der Waals surface area contributed by atoms with Gasteiger partial charge in [-0.15, -0.1) is 11.8 Å². The number of methoxy groups -OCH3 is 1. The van der Waals surface area contributed by atoms with Gasteiger partial charge in [-0.3, -0.25) is 9.59 Å². The molecule has 1 aliphatic rings. The van der Waals surface area contributed by atoms with Gasteiger partial charge in [0, 0.05) is 37.6 Å². The van der Waals surface area contributed by atoms with Gasteiger partial charge in [0.25, 0.3) is 0 Å². The van der Waals surface area contributed by atoms with Crippen LogP contribution in [0.1, 0.15) is 13.3 Å². The van der Waals surface area contributed by atoms with Crippen LogP contribution in [-0.4, -0.2) is 61.0 Å². The quantitative estimate of drug-likeness (QED) is 0.705. The third kappa shape index (κ3) is 6.62. The van der Waals surface area contributed by atoms with E-state index in [4.69, 9.17) is 4.74 Å². The molecule has 0 saturated carbocycles. The molecule has 0 aliphatic carbocycles. The molecule has 1 aliphatic heterocycles. The summed E-state index contributed by atoms with van der Waals surface area (Å²) in [5.41, 5.74) is 1.66. The minimum absolute atomic E-state index is 0.0520. The fourth-order valence-corrected chi connectivity index (χ4v) is 4.21. The lowest BCUT2D eigenvalue weighted by Gasteiger charge is -2.25. The number of carbonyl (C=O) groups excluding carboxylic acids is 2. The summed E-state index contributed by atoms with van der Waals surface area (Å²) in [4.78, 5) is 29.2. The van der Waals surface area contributed by atoms with Crippen LogP contribution in [0.3, 0.4) is 0 Å². The summed E-state index contributed by atoms with van der Waals surface area (Å²) in [6, 6.07) is 13.6. The Balaban J connectivity index is 1.46. The molecule has 0 aromatic heterocycles. The van der Waals surface area contributed by atoms with Crippen molar-refractivity contribution in [1.29, 1.82) is 0 Å². The van der Waals surface area contributed by atoms with E-state index >= 15 is 0 Å². The van der Waals surface area contributed by atoms with Crippen LogP contribution in [0.15, 0.2) is 48.5 Å². The van der Waals surface area contributed by atoms with Crippen LogP contribution in [0.25, 0.3) is 0 Å². The molecule has 0 radical (unpaired) electrons. The van der Waals surface area contributed by atoms with Crippen molar-refractivity contribution >= 4 is 35.0 Å². The number of nitrogens with zero attached hydrogens (tertiary/aromatic N) is 2. The smallest absolute Gasteiger partial charge is 0.235 e. The summed E-state index contributed by atoms with van der Waals surface area (Å²) in [7, 11) is 1.65. The van der Waals surface area contributed by atoms with E-state index in [1.54, 1.807) is 7.11 Å². The van der Waals surface area contributed by atoms with Gasteiger partial charge in [-0.2, -0.15) is 0 Å². The van der Waals surface area contributed by atoms with E-state index in [1.807, 2.05) is 36.1 Å². The predicted octanol–water partition coefficient (Wildman–Crippen LogP) is 3.63. The largest absolute Gasteiger partial charge is 0.497 e. The first-order chi connectivity index (χ1) is 15.0. The van der Waals surface area contributed by atoms with Crippen LogP contribution in [-0.2, 0) is 9.59 Å². The number of ether oxygens (including phenoxy) is 1. The molecule has 1 unspecified atom stereocenters. The Kier molecular flexibility index (Phi) is 8.17. The number of carbonyl (C=O) groups is 2. The number of amides is 2. The molecule has 8 heteroatoms. The Hall–Kier alpha value is -2.74. The highest BCUT2D eigenvalue weighted by Crippen LogP contribution is 2.22. The average molecular weight is 446 g/mol. The van der Waals surface area contributed by atoms with Crippen molar-refractivity contribution < 1.29 is 18.7 Å². The molecule has 166 valence electrons. The molecule has 1 atom stereocenters. The Morgan fingerprint density at radius 2 is 1.77 bits per heavy atom. The van der Waals surface area contributed by atoms with Crippen molar-refractivity contribution in [2.75, 3.05) is 49.3 Å². The van der Waals surface area contributed by atoms with Crippen molar-refractivity contribution in [1.82, 2.24) is 4.90 Å². The fraction of sp³-hybridized carbons (Fsp3) is 0.391. The molecule has 0 spiro atoms. The molecule has 0 bridgehead atoms. The number of rotatable bonds is 7. The van der Waals surface area contributed by atoms with Gasteiger partial charge in [0.2, 0.25) is 11.8 Å². The molecule has 6 nitrogen and oxygen atoms in total. The predicted molar refractivity (Wildman–Crippen MR) is 123 cm³/mol. The summed E-state index contributed by atoms with van der Waals surface area (Å²) < 4.78 is 18.2. The zero-order valence-corrected chi connectivity index (χ0v) is 18.7. The van der Waals surface area contributed by atoms with Crippen molar-refractivity contribution in [2.24, 2.45) is 0 Å². The van der Waals surface area contributed by atoms with Gasteiger partial charge in [0.05, 0.1) is 18.1 Å². The minimum atomic E-state index is -0.352. The third-order valence-electron chi connectivity index (χ3n) is 5.19. The normalized spacial score (nSPS) is 15.2. The van der Waals surface area contributed by atoms with Gasteiger partial charge in [0.15, 0.2) is 0 Å². The number of thioether (sulfide) groups is 1. The first kappa shape index (κ1) is 22.9. The second-order valence-corrected chi connectivity index (χ2v) is 8.70. The lowest BCUT2D eigenvalue weighted by atomic mass is 10.2. The first-order valence-corrected chi connectivity index (χ1v) is 11.4. The minimum Gasteiger partial charge on any atom is -0.497 e. The average Bonchev–Trinajstić information content (AvgIpc) is 3.05. The van der Waals surface area contributed by atoms with Crippen LogP contribution in [0.5, 0.6) is 5.75 Å². The number of hydrogen-bond acceptors (Lipinski definition) is 5.